The second-order valence-electron chi connectivity index (χ2n) is 4.66. The summed E-state index contributed by atoms with van der Waals surface area (Å²) in [5.74, 6) is -0.517. The molecule has 0 fully saturated rings. The van der Waals surface area contributed by atoms with E-state index < -0.39 is 0 Å². The van der Waals surface area contributed by atoms with Crippen LogP contribution in [0.1, 0.15) is 16.1 Å². The lowest BCUT2D eigenvalue weighted by Crippen LogP contribution is -2.11. The van der Waals surface area contributed by atoms with Crippen molar-refractivity contribution in [3.63, 3.8) is 0 Å². The molecule has 0 radical (unpaired) electrons. The fraction of sp³-hybridized carbons (Fsp3) is 0.0625. The lowest BCUT2D eigenvalue weighted by atomic mass is 10.1. The first-order valence-electron chi connectivity index (χ1n) is 6.30. The second-order valence-corrected chi connectivity index (χ2v) is 5.57. The van der Waals surface area contributed by atoms with Crippen LogP contribution in [0.5, 0.6) is 0 Å². The Labute approximate surface area is 128 Å². The third-order valence-corrected chi connectivity index (χ3v) is 3.74. The molecule has 3 aromatic rings. The molecule has 0 saturated carbocycles. The first-order chi connectivity index (χ1) is 10.0. The van der Waals surface area contributed by atoms with Crippen LogP contribution in [-0.2, 0) is 0 Å². The number of halogens is 2. The van der Waals surface area contributed by atoms with E-state index in [2.05, 4.69) is 21.2 Å². The standard InChI is InChI=1S/C16H11BrFNO2/c1-9-13-8-11(18)4-7-14(13)21-15(9)16(20)19-12-5-2-10(17)3-6-12/h2-8H,1H3,(H,19,20). The van der Waals surface area contributed by atoms with E-state index in [1.54, 1.807) is 19.1 Å². The molecule has 0 saturated heterocycles. The summed E-state index contributed by atoms with van der Waals surface area (Å²) in [4.78, 5) is 12.3. The highest BCUT2D eigenvalue weighted by molar-refractivity contribution is 9.10. The number of amides is 1. The van der Waals surface area contributed by atoms with E-state index in [-0.39, 0.29) is 17.5 Å². The van der Waals surface area contributed by atoms with Gasteiger partial charge in [0.05, 0.1) is 0 Å². The molecule has 0 spiro atoms. The Bertz CT molecular complexity index is 824. The van der Waals surface area contributed by atoms with E-state index in [1.165, 1.54) is 18.2 Å². The summed E-state index contributed by atoms with van der Waals surface area (Å²) in [5.41, 5.74) is 1.78. The molecular formula is C16H11BrFNO2. The first-order valence-corrected chi connectivity index (χ1v) is 7.09. The van der Waals surface area contributed by atoms with Crippen molar-refractivity contribution in [3.8, 4) is 0 Å². The SMILES string of the molecule is Cc1c(C(=O)Nc2ccc(Br)cc2)oc2ccc(F)cc12. The third-order valence-electron chi connectivity index (χ3n) is 3.21. The molecule has 1 amide bonds. The van der Waals surface area contributed by atoms with Gasteiger partial charge in [-0.2, -0.15) is 0 Å². The van der Waals surface area contributed by atoms with Gasteiger partial charge in [0.2, 0.25) is 0 Å². The fourth-order valence-electron chi connectivity index (χ4n) is 2.13. The van der Waals surface area contributed by atoms with Crippen LogP contribution in [0.3, 0.4) is 0 Å². The molecule has 1 aromatic heterocycles. The zero-order chi connectivity index (χ0) is 15.0. The van der Waals surface area contributed by atoms with Gasteiger partial charge in [-0.3, -0.25) is 4.79 Å². The minimum Gasteiger partial charge on any atom is -0.451 e. The number of carbonyl (C=O) groups excluding carboxylic acids is 1. The van der Waals surface area contributed by atoms with Crippen LogP contribution in [-0.4, -0.2) is 5.91 Å². The Morgan fingerprint density at radius 3 is 2.62 bits per heavy atom. The molecule has 3 nitrogen and oxygen atoms in total. The Kier molecular flexibility index (Phi) is 3.51. The Hall–Kier alpha value is -2.14. The Morgan fingerprint density at radius 2 is 1.90 bits per heavy atom. The summed E-state index contributed by atoms with van der Waals surface area (Å²) >= 11 is 3.33. The number of hydrogen-bond acceptors (Lipinski definition) is 2. The number of fused-ring (bicyclic) bond motifs is 1. The van der Waals surface area contributed by atoms with E-state index in [4.69, 9.17) is 4.42 Å². The van der Waals surface area contributed by atoms with Gasteiger partial charge in [0.15, 0.2) is 5.76 Å². The van der Waals surface area contributed by atoms with E-state index in [1.807, 2.05) is 12.1 Å². The van der Waals surface area contributed by atoms with Gasteiger partial charge in [0.1, 0.15) is 11.4 Å². The largest absolute Gasteiger partial charge is 0.451 e. The van der Waals surface area contributed by atoms with Crippen molar-refractivity contribution in [2.75, 3.05) is 5.32 Å². The number of carbonyl (C=O) groups is 1. The van der Waals surface area contributed by atoms with Crippen LogP contribution in [0.4, 0.5) is 10.1 Å². The summed E-state index contributed by atoms with van der Waals surface area (Å²) in [6, 6.07) is 11.4. The number of aryl methyl sites for hydroxylation is 1. The van der Waals surface area contributed by atoms with Crippen LogP contribution in [0.2, 0.25) is 0 Å². The van der Waals surface area contributed by atoms with Crippen molar-refractivity contribution >= 4 is 38.5 Å². The number of hydrogen-bond donors (Lipinski definition) is 1. The lowest BCUT2D eigenvalue weighted by molar-refractivity contribution is 0.0998. The minimum atomic E-state index is -0.355. The van der Waals surface area contributed by atoms with Crippen molar-refractivity contribution < 1.29 is 13.6 Å². The highest BCUT2D eigenvalue weighted by Crippen LogP contribution is 2.26. The lowest BCUT2D eigenvalue weighted by Gasteiger charge is -2.03. The summed E-state index contributed by atoms with van der Waals surface area (Å²) in [6.45, 7) is 1.74. The van der Waals surface area contributed by atoms with E-state index >= 15 is 0 Å². The zero-order valence-corrected chi connectivity index (χ0v) is 12.7. The van der Waals surface area contributed by atoms with E-state index in [9.17, 15) is 9.18 Å². The van der Waals surface area contributed by atoms with Gasteiger partial charge < -0.3 is 9.73 Å². The maximum Gasteiger partial charge on any atom is 0.291 e. The van der Waals surface area contributed by atoms with Crippen LogP contribution in [0.15, 0.2) is 51.4 Å². The molecule has 0 unspecified atom stereocenters. The van der Waals surface area contributed by atoms with Gasteiger partial charge in [-0.15, -0.1) is 0 Å². The number of rotatable bonds is 2. The molecule has 0 atom stereocenters. The third kappa shape index (κ3) is 2.69. The number of anilines is 1. The molecule has 5 heteroatoms. The molecule has 0 bridgehead atoms. The van der Waals surface area contributed by atoms with Crippen LogP contribution >= 0.6 is 15.9 Å². The predicted molar refractivity (Wildman–Crippen MR) is 83.0 cm³/mol. The van der Waals surface area contributed by atoms with Gasteiger partial charge in [-0.25, -0.2) is 4.39 Å². The molecular weight excluding hydrogens is 337 g/mol. The monoisotopic (exact) mass is 347 g/mol. The molecule has 2 aromatic carbocycles. The van der Waals surface area contributed by atoms with Gasteiger partial charge in [0, 0.05) is 21.1 Å². The second kappa shape index (κ2) is 5.33. The highest BCUT2D eigenvalue weighted by atomic mass is 79.9. The van der Waals surface area contributed by atoms with Gasteiger partial charge in [-0.1, -0.05) is 15.9 Å². The molecule has 0 aliphatic rings. The van der Waals surface area contributed by atoms with Crippen LogP contribution in [0.25, 0.3) is 11.0 Å². The van der Waals surface area contributed by atoms with Crippen molar-refractivity contribution in [3.05, 3.63) is 64.1 Å². The first kappa shape index (κ1) is 13.8. The molecule has 0 aliphatic heterocycles. The van der Waals surface area contributed by atoms with Gasteiger partial charge in [0.25, 0.3) is 5.91 Å². The maximum absolute atomic E-state index is 13.3. The summed E-state index contributed by atoms with van der Waals surface area (Å²) in [6.07, 6.45) is 0. The molecule has 0 aliphatic carbocycles. The Morgan fingerprint density at radius 1 is 1.19 bits per heavy atom. The van der Waals surface area contributed by atoms with Crippen molar-refractivity contribution in [2.24, 2.45) is 0 Å². The average Bonchev–Trinajstić information content (AvgIpc) is 2.79. The van der Waals surface area contributed by atoms with Gasteiger partial charge in [-0.05, 0) is 49.4 Å². The normalized spacial score (nSPS) is 10.8. The smallest absolute Gasteiger partial charge is 0.291 e. The fourth-order valence-corrected chi connectivity index (χ4v) is 2.40. The summed E-state index contributed by atoms with van der Waals surface area (Å²) in [7, 11) is 0. The minimum absolute atomic E-state index is 0.193. The highest BCUT2D eigenvalue weighted by Gasteiger charge is 2.18. The summed E-state index contributed by atoms with van der Waals surface area (Å²) in [5, 5.41) is 3.36. The predicted octanol–water partition coefficient (Wildman–Crippen LogP) is 4.90. The quantitative estimate of drug-likeness (QED) is 0.716. The number of benzene rings is 2. The maximum atomic E-state index is 13.3. The van der Waals surface area contributed by atoms with Crippen molar-refractivity contribution in [2.45, 2.75) is 6.92 Å². The van der Waals surface area contributed by atoms with E-state index in [0.717, 1.165) is 4.47 Å². The summed E-state index contributed by atoms with van der Waals surface area (Å²) < 4.78 is 19.7. The molecule has 1 heterocycles. The molecule has 1 N–H and O–H groups in total. The van der Waals surface area contributed by atoms with E-state index in [0.29, 0.717) is 22.2 Å². The zero-order valence-electron chi connectivity index (χ0n) is 11.1. The molecule has 21 heavy (non-hydrogen) atoms. The van der Waals surface area contributed by atoms with Crippen LogP contribution in [0, 0.1) is 12.7 Å². The topological polar surface area (TPSA) is 42.2 Å². The van der Waals surface area contributed by atoms with Crippen molar-refractivity contribution in [1.29, 1.82) is 0 Å². The number of nitrogens with one attached hydrogen (secondary N) is 1. The average molecular weight is 348 g/mol. The number of furan rings is 1. The molecule has 106 valence electrons. The van der Waals surface area contributed by atoms with Crippen molar-refractivity contribution in [1.82, 2.24) is 0 Å². The Balaban J connectivity index is 1.94. The molecule has 3 rings (SSSR count). The van der Waals surface area contributed by atoms with Crippen LogP contribution < -0.4 is 5.32 Å². The van der Waals surface area contributed by atoms with Gasteiger partial charge >= 0.3 is 0 Å².